The molecule has 1 fully saturated rings. The van der Waals surface area contributed by atoms with Crippen molar-refractivity contribution in [2.24, 2.45) is 0 Å². The maximum Gasteiger partial charge on any atom is 0.214 e. The van der Waals surface area contributed by atoms with E-state index in [4.69, 9.17) is 5.10 Å². The van der Waals surface area contributed by atoms with Crippen molar-refractivity contribution in [2.75, 3.05) is 18.0 Å². The molecule has 7 heteroatoms. The molecule has 0 bridgehead atoms. The van der Waals surface area contributed by atoms with E-state index in [-0.39, 0.29) is 0 Å². The molecule has 0 amide bonds. The second-order valence-electron chi connectivity index (χ2n) is 6.63. The van der Waals surface area contributed by atoms with Gasteiger partial charge in [0.15, 0.2) is 0 Å². The van der Waals surface area contributed by atoms with Gasteiger partial charge in [-0.3, -0.25) is 0 Å². The fourth-order valence-corrected chi connectivity index (χ4v) is 4.84. The summed E-state index contributed by atoms with van der Waals surface area (Å²) in [6, 6.07) is 0.530. The third-order valence-electron chi connectivity index (χ3n) is 5.04. The number of hydrogen-bond acceptors (Lipinski definition) is 5. The van der Waals surface area contributed by atoms with Crippen molar-refractivity contribution in [1.29, 1.82) is 0 Å². The standard InChI is InChI=1S/C16H20N6S/c1-11-8-22-15(18-11)23-16(19-22)20-7-6-12(9-20)21-10-17-13-4-2-3-5-14(13)21/h8,10,12H,2-7,9H2,1H3/t12-/m0/s1. The molecule has 3 aromatic heterocycles. The Kier molecular flexibility index (Phi) is 2.98. The molecule has 1 saturated heterocycles. The van der Waals surface area contributed by atoms with Crippen LogP contribution in [0.4, 0.5) is 5.13 Å². The Labute approximate surface area is 138 Å². The molecule has 1 atom stereocenters. The lowest BCUT2D eigenvalue weighted by Gasteiger charge is -2.19. The summed E-state index contributed by atoms with van der Waals surface area (Å²) in [4.78, 5) is 12.5. The number of anilines is 1. The lowest BCUT2D eigenvalue weighted by atomic mass is 10.0. The van der Waals surface area contributed by atoms with Crippen LogP contribution in [0.2, 0.25) is 0 Å². The van der Waals surface area contributed by atoms with Crippen molar-refractivity contribution in [2.45, 2.75) is 45.1 Å². The van der Waals surface area contributed by atoms with E-state index in [1.54, 1.807) is 11.3 Å². The van der Waals surface area contributed by atoms with E-state index < -0.39 is 0 Å². The SMILES string of the molecule is Cc1cn2nc(N3CC[C@H](n4cnc5c4CCCC5)C3)sc2n1. The van der Waals surface area contributed by atoms with Crippen LogP contribution in [-0.2, 0) is 12.8 Å². The Morgan fingerprint density at radius 3 is 3.09 bits per heavy atom. The van der Waals surface area contributed by atoms with E-state index >= 15 is 0 Å². The Hall–Kier alpha value is -1.89. The van der Waals surface area contributed by atoms with E-state index in [2.05, 4.69) is 25.8 Å². The number of aryl methyl sites for hydroxylation is 2. The van der Waals surface area contributed by atoms with Crippen molar-refractivity contribution in [3.8, 4) is 0 Å². The summed E-state index contributed by atoms with van der Waals surface area (Å²) in [6.07, 6.45) is 10.2. The fourth-order valence-electron chi connectivity index (χ4n) is 3.88. The molecule has 6 nitrogen and oxygen atoms in total. The maximum atomic E-state index is 4.69. The van der Waals surface area contributed by atoms with Gasteiger partial charge in [-0.1, -0.05) is 11.3 Å². The van der Waals surface area contributed by atoms with Crippen LogP contribution in [0.5, 0.6) is 0 Å². The lowest BCUT2D eigenvalue weighted by molar-refractivity contribution is 0.515. The average Bonchev–Trinajstić information content (AvgIpc) is 3.27. The highest BCUT2D eigenvalue weighted by molar-refractivity contribution is 7.20. The first kappa shape index (κ1) is 13.5. The highest BCUT2D eigenvalue weighted by Gasteiger charge is 2.29. The third kappa shape index (κ3) is 2.17. The summed E-state index contributed by atoms with van der Waals surface area (Å²) in [6.45, 7) is 4.10. The van der Waals surface area contributed by atoms with Crippen LogP contribution >= 0.6 is 11.3 Å². The number of fused-ring (bicyclic) bond motifs is 2. The second kappa shape index (κ2) is 5.06. The Morgan fingerprint density at radius 2 is 2.17 bits per heavy atom. The smallest absolute Gasteiger partial charge is 0.214 e. The van der Waals surface area contributed by atoms with Gasteiger partial charge in [0.2, 0.25) is 10.1 Å². The molecule has 0 unspecified atom stereocenters. The first-order chi connectivity index (χ1) is 11.3. The van der Waals surface area contributed by atoms with Gasteiger partial charge in [-0.05, 0) is 39.0 Å². The number of rotatable bonds is 2. The van der Waals surface area contributed by atoms with Crippen LogP contribution in [0.25, 0.3) is 4.96 Å². The second-order valence-corrected chi connectivity index (χ2v) is 7.57. The van der Waals surface area contributed by atoms with E-state index in [0.717, 1.165) is 35.3 Å². The van der Waals surface area contributed by atoms with Crippen LogP contribution in [0, 0.1) is 6.92 Å². The number of hydrogen-bond donors (Lipinski definition) is 0. The number of imidazole rings is 2. The van der Waals surface area contributed by atoms with Crippen LogP contribution < -0.4 is 4.90 Å². The zero-order valence-corrected chi connectivity index (χ0v) is 14.1. The molecular weight excluding hydrogens is 308 g/mol. The van der Waals surface area contributed by atoms with E-state index in [1.807, 2.05) is 17.6 Å². The van der Waals surface area contributed by atoms with E-state index in [0.29, 0.717) is 6.04 Å². The topological polar surface area (TPSA) is 51.2 Å². The molecule has 2 aliphatic rings. The van der Waals surface area contributed by atoms with Gasteiger partial charge in [-0.25, -0.2) is 14.5 Å². The molecule has 0 N–H and O–H groups in total. The first-order valence-corrected chi connectivity index (χ1v) is 9.22. The molecule has 3 aromatic rings. The highest BCUT2D eigenvalue weighted by atomic mass is 32.1. The Balaban J connectivity index is 1.39. The van der Waals surface area contributed by atoms with E-state index in [9.17, 15) is 0 Å². The maximum absolute atomic E-state index is 4.69. The Bertz CT molecular complexity index is 828. The quantitative estimate of drug-likeness (QED) is 0.726. The minimum atomic E-state index is 0.530. The van der Waals surface area contributed by atoms with Gasteiger partial charge in [-0.2, -0.15) is 0 Å². The lowest BCUT2D eigenvalue weighted by Crippen LogP contribution is -2.21. The predicted octanol–water partition coefficient (Wildman–Crippen LogP) is 2.63. The van der Waals surface area contributed by atoms with Crippen molar-refractivity contribution in [1.82, 2.24) is 24.1 Å². The van der Waals surface area contributed by atoms with E-state index in [1.165, 1.54) is 37.1 Å². The van der Waals surface area contributed by atoms with Crippen molar-refractivity contribution in [3.05, 3.63) is 29.6 Å². The first-order valence-electron chi connectivity index (χ1n) is 8.40. The number of aromatic nitrogens is 5. The molecule has 0 saturated carbocycles. The van der Waals surface area contributed by atoms with Gasteiger partial charge in [0, 0.05) is 18.8 Å². The fraction of sp³-hybridized carbons (Fsp3) is 0.562. The van der Waals surface area contributed by atoms with Crippen LogP contribution in [0.1, 0.15) is 42.4 Å². The summed E-state index contributed by atoms with van der Waals surface area (Å²) in [5, 5.41) is 5.78. The summed E-state index contributed by atoms with van der Waals surface area (Å²) in [5.74, 6) is 0. The largest absolute Gasteiger partial charge is 0.344 e. The summed E-state index contributed by atoms with van der Waals surface area (Å²) >= 11 is 1.69. The van der Waals surface area contributed by atoms with Gasteiger partial charge in [0.1, 0.15) is 0 Å². The number of nitrogens with zero attached hydrogens (tertiary/aromatic N) is 6. The van der Waals surface area contributed by atoms with Gasteiger partial charge in [0.05, 0.1) is 30.0 Å². The van der Waals surface area contributed by atoms with Crippen molar-refractivity contribution in [3.63, 3.8) is 0 Å². The predicted molar refractivity (Wildman–Crippen MR) is 90.3 cm³/mol. The molecule has 23 heavy (non-hydrogen) atoms. The van der Waals surface area contributed by atoms with Gasteiger partial charge < -0.3 is 9.47 Å². The molecule has 0 spiro atoms. The molecule has 5 rings (SSSR count). The zero-order valence-electron chi connectivity index (χ0n) is 13.3. The van der Waals surface area contributed by atoms with Crippen LogP contribution in [-0.4, -0.2) is 37.2 Å². The molecular formula is C16H20N6S. The van der Waals surface area contributed by atoms with Gasteiger partial charge in [-0.15, -0.1) is 5.10 Å². The Morgan fingerprint density at radius 1 is 1.26 bits per heavy atom. The highest BCUT2D eigenvalue weighted by Crippen LogP contribution is 2.32. The molecule has 1 aliphatic carbocycles. The molecule has 0 aromatic carbocycles. The van der Waals surface area contributed by atoms with Crippen LogP contribution in [0.15, 0.2) is 12.5 Å². The minimum absolute atomic E-state index is 0.530. The van der Waals surface area contributed by atoms with Crippen molar-refractivity contribution < 1.29 is 0 Å². The molecule has 0 radical (unpaired) electrons. The summed E-state index contributed by atoms with van der Waals surface area (Å²) in [7, 11) is 0. The van der Waals surface area contributed by atoms with Crippen molar-refractivity contribution >= 4 is 21.4 Å². The summed E-state index contributed by atoms with van der Waals surface area (Å²) < 4.78 is 4.35. The molecule has 1 aliphatic heterocycles. The average molecular weight is 328 g/mol. The van der Waals surface area contributed by atoms with Gasteiger partial charge in [0.25, 0.3) is 0 Å². The normalized spacial score (nSPS) is 21.3. The molecule has 120 valence electrons. The zero-order chi connectivity index (χ0) is 15.4. The summed E-state index contributed by atoms with van der Waals surface area (Å²) in [5.41, 5.74) is 3.84. The monoisotopic (exact) mass is 328 g/mol. The van der Waals surface area contributed by atoms with Gasteiger partial charge >= 0.3 is 0 Å². The minimum Gasteiger partial charge on any atom is -0.344 e. The molecule has 4 heterocycles. The third-order valence-corrected chi connectivity index (χ3v) is 6.02. The van der Waals surface area contributed by atoms with Crippen LogP contribution in [0.3, 0.4) is 0 Å².